The second-order valence-electron chi connectivity index (χ2n) is 20.1. The molecule has 17 heteroatoms. The van der Waals surface area contributed by atoms with Crippen LogP contribution in [0.25, 0.3) is 0 Å². The fourth-order valence-corrected chi connectivity index (χ4v) is 10.7. The van der Waals surface area contributed by atoms with Crippen LogP contribution in [0.3, 0.4) is 0 Å². The van der Waals surface area contributed by atoms with Crippen molar-refractivity contribution in [3.8, 4) is 0 Å². The largest absolute Gasteiger partial charge is 0.386 e. The van der Waals surface area contributed by atoms with Gasteiger partial charge in [0.2, 0.25) is 41.4 Å². The molecule has 69 heavy (non-hydrogen) atoms. The highest BCUT2D eigenvalue weighted by atomic mass is 32.2. The average Bonchev–Trinajstić information content (AvgIpc) is 3.88. The van der Waals surface area contributed by atoms with Crippen LogP contribution in [0.2, 0.25) is 0 Å². The number of unbranched alkanes of at least 4 members (excludes halogenated alkanes) is 2. The van der Waals surface area contributed by atoms with Crippen molar-refractivity contribution in [1.29, 1.82) is 0 Å². The molecular weight excluding hydrogens is 901 g/mol. The van der Waals surface area contributed by atoms with E-state index in [1.165, 1.54) is 21.6 Å². The molecule has 7 amide bonds. The number of aliphatic hydroxyl groups is 1. The molecule has 2 saturated heterocycles. The van der Waals surface area contributed by atoms with E-state index in [0.717, 1.165) is 31.2 Å². The van der Waals surface area contributed by atoms with Crippen LogP contribution in [0.1, 0.15) is 145 Å². The predicted molar refractivity (Wildman–Crippen MR) is 271 cm³/mol. The Hall–Kier alpha value is -4.06. The highest BCUT2D eigenvalue weighted by Gasteiger charge is 2.43. The fraction of sp³-hybridized carbons (Fsp3) is 0.750. The van der Waals surface area contributed by atoms with Crippen LogP contribution in [0.4, 0.5) is 0 Å². The first-order valence-electron chi connectivity index (χ1n) is 25.1. The first-order valence-corrected chi connectivity index (χ1v) is 26.1. The molecule has 0 saturated carbocycles. The molecule has 2 aliphatic heterocycles. The van der Waals surface area contributed by atoms with Gasteiger partial charge in [0, 0.05) is 60.7 Å². The van der Waals surface area contributed by atoms with Crippen LogP contribution in [0.15, 0.2) is 30.3 Å². The predicted octanol–water partition coefficient (Wildman–Crippen LogP) is 5.98. The number of amides is 7. The number of likely N-dealkylation sites (N-methyl/N-ethyl adjacent to an activating group) is 2. The number of hydrogen-bond donors (Lipinski definition) is 3. The molecule has 2 fully saturated rings. The standard InChI is InChI=1S/C33H55N3O6.C19H33N3O4S/c1-10-22(4)30(35(7)28(37)19-21(2)3)27(41-8)20-29(38)36-18-14-17-26(36)32(42-9)23(5)33(40)34-24(6)31(39)25-15-12-11-13-16-25;1-12(2)17(18(20)25)21(5)15(23)9-7-6-8-10-22-16(24)11-14(19(22)26)27-13(3)4/h11-13,15-16,21-24,26-27,30-32,39H,10,14,17-20H2,1-9H3,(H,34,40);12-14,17H,6-11H2,1-5H3,(H2,20,25). The maximum atomic E-state index is 13.8. The van der Waals surface area contributed by atoms with Gasteiger partial charge in [-0.25, -0.2) is 0 Å². The molecule has 0 spiro atoms. The van der Waals surface area contributed by atoms with Crippen molar-refractivity contribution in [1.82, 2.24) is 24.9 Å². The molecule has 3 rings (SSSR count). The molecule has 0 bridgehead atoms. The van der Waals surface area contributed by atoms with Gasteiger partial charge >= 0.3 is 0 Å². The minimum Gasteiger partial charge on any atom is -0.386 e. The van der Waals surface area contributed by atoms with Gasteiger partial charge in [-0.3, -0.25) is 38.5 Å². The van der Waals surface area contributed by atoms with Gasteiger partial charge in [0.05, 0.1) is 54.0 Å². The molecule has 16 nitrogen and oxygen atoms in total. The first kappa shape index (κ1) is 61.1. The Labute approximate surface area is 417 Å². The van der Waals surface area contributed by atoms with Gasteiger partial charge in [0.1, 0.15) is 6.04 Å². The van der Waals surface area contributed by atoms with E-state index in [1.54, 1.807) is 40.0 Å². The number of ether oxygens (including phenoxy) is 2. The van der Waals surface area contributed by atoms with Crippen molar-refractivity contribution in [3.05, 3.63) is 35.9 Å². The number of aliphatic hydroxyl groups excluding tert-OH is 1. The zero-order valence-electron chi connectivity index (χ0n) is 44.3. The lowest BCUT2D eigenvalue weighted by atomic mass is 9.90. The smallest absolute Gasteiger partial charge is 0.242 e. The normalized spacial score (nSPS) is 19.6. The Balaban J connectivity index is 0.000000522. The van der Waals surface area contributed by atoms with E-state index in [9.17, 15) is 38.7 Å². The number of methoxy groups -OCH3 is 2. The molecule has 10 atom stereocenters. The minimum absolute atomic E-state index is 0.0414. The Morgan fingerprint density at radius 3 is 2.06 bits per heavy atom. The lowest BCUT2D eigenvalue weighted by molar-refractivity contribution is -0.146. The molecule has 2 heterocycles. The third kappa shape index (κ3) is 18.2. The monoisotopic (exact) mass is 989 g/mol. The van der Waals surface area contributed by atoms with Crippen molar-refractivity contribution in [2.45, 2.75) is 186 Å². The molecule has 0 radical (unpaired) electrons. The van der Waals surface area contributed by atoms with E-state index in [-0.39, 0.29) is 83.4 Å². The van der Waals surface area contributed by atoms with Gasteiger partial charge in [-0.2, -0.15) is 0 Å². The fourth-order valence-electron chi connectivity index (χ4n) is 9.54. The summed E-state index contributed by atoms with van der Waals surface area (Å²) in [6.07, 6.45) is 3.81. The summed E-state index contributed by atoms with van der Waals surface area (Å²) in [6.45, 7) is 20.5. The third-order valence-electron chi connectivity index (χ3n) is 13.5. The molecular formula is C52H88N6O10S. The Bertz CT molecular complexity index is 1800. The molecule has 4 N–H and O–H groups in total. The molecule has 10 unspecified atom stereocenters. The van der Waals surface area contributed by atoms with Crippen LogP contribution in [0.5, 0.6) is 0 Å². The number of primary amides is 1. The Morgan fingerprint density at radius 2 is 1.52 bits per heavy atom. The number of imide groups is 1. The van der Waals surface area contributed by atoms with E-state index in [0.29, 0.717) is 44.0 Å². The molecule has 1 aromatic carbocycles. The maximum absolute atomic E-state index is 13.8. The van der Waals surface area contributed by atoms with Crippen molar-refractivity contribution >= 4 is 53.1 Å². The first-order chi connectivity index (χ1) is 32.4. The highest BCUT2D eigenvalue weighted by molar-refractivity contribution is 8.01. The third-order valence-corrected chi connectivity index (χ3v) is 14.8. The van der Waals surface area contributed by atoms with Crippen LogP contribution in [0, 0.1) is 23.7 Å². The van der Waals surface area contributed by atoms with Crippen LogP contribution in [-0.4, -0.2) is 154 Å². The Morgan fingerprint density at radius 1 is 0.884 bits per heavy atom. The number of benzene rings is 1. The summed E-state index contributed by atoms with van der Waals surface area (Å²) in [4.78, 5) is 94.6. The lowest BCUT2D eigenvalue weighted by Crippen LogP contribution is -2.53. The van der Waals surface area contributed by atoms with E-state index in [2.05, 4.69) is 19.2 Å². The number of rotatable bonds is 27. The van der Waals surface area contributed by atoms with E-state index < -0.39 is 42.2 Å². The molecule has 2 aliphatic rings. The zero-order valence-corrected chi connectivity index (χ0v) is 45.1. The number of nitrogens with two attached hydrogens (primary N) is 1. The summed E-state index contributed by atoms with van der Waals surface area (Å²) >= 11 is 1.54. The Kier molecular flexibility index (Phi) is 26.5. The van der Waals surface area contributed by atoms with Crippen molar-refractivity contribution in [2.75, 3.05) is 41.4 Å². The quantitative estimate of drug-likeness (QED) is 0.0691. The summed E-state index contributed by atoms with van der Waals surface area (Å²) in [5.74, 6) is -1.27. The number of nitrogens with one attached hydrogen (secondary N) is 1. The van der Waals surface area contributed by atoms with Gasteiger partial charge < -0.3 is 40.3 Å². The van der Waals surface area contributed by atoms with Gasteiger partial charge in [-0.1, -0.05) is 105 Å². The van der Waals surface area contributed by atoms with E-state index in [1.807, 2.05) is 83.8 Å². The second-order valence-corrected chi connectivity index (χ2v) is 21.8. The van der Waals surface area contributed by atoms with E-state index >= 15 is 0 Å². The second kappa shape index (κ2) is 30.0. The average molecular weight is 989 g/mol. The number of carbonyl (C=O) groups excluding carboxylic acids is 7. The highest BCUT2D eigenvalue weighted by Crippen LogP contribution is 2.31. The summed E-state index contributed by atoms with van der Waals surface area (Å²) in [5.41, 5.74) is 6.12. The number of nitrogens with zero attached hydrogens (tertiary/aromatic N) is 4. The minimum atomic E-state index is -0.845. The van der Waals surface area contributed by atoms with Crippen LogP contribution < -0.4 is 11.1 Å². The number of carbonyl (C=O) groups is 7. The number of likely N-dealkylation sites (tertiary alicyclic amines) is 2. The van der Waals surface area contributed by atoms with Crippen molar-refractivity contribution < 1.29 is 48.1 Å². The lowest BCUT2D eigenvalue weighted by Gasteiger charge is -2.39. The maximum Gasteiger partial charge on any atom is 0.242 e. The van der Waals surface area contributed by atoms with Crippen LogP contribution in [-0.2, 0) is 43.0 Å². The topological polar surface area (TPSA) is 209 Å². The molecule has 0 aliphatic carbocycles. The molecule has 392 valence electrons. The van der Waals surface area contributed by atoms with Crippen molar-refractivity contribution in [2.24, 2.45) is 29.4 Å². The SMILES string of the molecule is CC(C)SC1CC(=O)N(CCCCCC(=O)N(C)C(C(N)=O)C(C)C)C1=O.CCC(C)C(C(CC(=O)N1CCCC1C(OC)C(C)C(=O)NC(C)C(O)c1ccccc1)OC)N(C)C(=O)CC(C)C. The summed E-state index contributed by atoms with van der Waals surface area (Å²) in [6, 6.07) is 7.62. The zero-order chi connectivity index (χ0) is 52.3. The van der Waals surface area contributed by atoms with Gasteiger partial charge in [0.25, 0.3) is 0 Å². The number of thioether (sulfide) groups is 1. The van der Waals surface area contributed by atoms with Crippen LogP contribution >= 0.6 is 11.8 Å². The summed E-state index contributed by atoms with van der Waals surface area (Å²) in [5, 5.41) is 13.7. The summed E-state index contributed by atoms with van der Waals surface area (Å²) in [7, 11) is 6.59. The molecule has 1 aromatic rings. The summed E-state index contributed by atoms with van der Waals surface area (Å²) < 4.78 is 11.8. The van der Waals surface area contributed by atoms with Crippen molar-refractivity contribution in [3.63, 3.8) is 0 Å². The molecule has 0 aromatic heterocycles. The van der Waals surface area contributed by atoms with E-state index in [4.69, 9.17) is 15.2 Å². The van der Waals surface area contributed by atoms with Gasteiger partial charge in [0.15, 0.2) is 0 Å². The van der Waals surface area contributed by atoms with Gasteiger partial charge in [-0.15, -0.1) is 11.8 Å². The van der Waals surface area contributed by atoms with Gasteiger partial charge in [-0.05, 0) is 61.2 Å². The number of hydrogen-bond acceptors (Lipinski definition) is 11.